The molecule has 1 aromatic carbocycles. The molecule has 0 radical (unpaired) electrons. The van der Waals surface area contributed by atoms with Crippen molar-refractivity contribution in [2.24, 2.45) is 0 Å². The number of carbonyl (C=O) groups excluding carboxylic acids is 1. The van der Waals surface area contributed by atoms with Crippen molar-refractivity contribution in [3.8, 4) is 0 Å². The average molecular weight is 332 g/mol. The molecular formula is C12H11ClFN3O3S. The standard InChI is InChI=1S/C12H11ClFN3O3S/c1-15-10(18)4-17-9-3-7(14)6(13)2-8(9)16-12(17)21-5-11(19)20/h2-3H,4-5H2,1H3,(H,15,18)(H,19,20). The number of nitrogens with zero attached hydrogens (tertiary/aromatic N) is 2. The van der Waals surface area contributed by atoms with Gasteiger partial charge in [0.25, 0.3) is 0 Å². The third kappa shape index (κ3) is 3.45. The highest BCUT2D eigenvalue weighted by Crippen LogP contribution is 2.28. The van der Waals surface area contributed by atoms with Crippen LogP contribution in [0.4, 0.5) is 4.39 Å². The van der Waals surface area contributed by atoms with Crippen molar-refractivity contribution < 1.29 is 19.1 Å². The monoisotopic (exact) mass is 331 g/mol. The maximum absolute atomic E-state index is 13.6. The van der Waals surface area contributed by atoms with Crippen LogP contribution < -0.4 is 5.32 Å². The van der Waals surface area contributed by atoms with Gasteiger partial charge in [-0.3, -0.25) is 9.59 Å². The van der Waals surface area contributed by atoms with Gasteiger partial charge in [0.05, 0.1) is 21.8 Å². The maximum atomic E-state index is 13.6. The summed E-state index contributed by atoms with van der Waals surface area (Å²) in [7, 11) is 1.48. The van der Waals surface area contributed by atoms with Gasteiger partial charge in [-0.15, -0.1) is 0 Å². The fraction of sp³-hybridized carbons (Fsp3) is 0.250. The van der Waals surface area contributed by atoms with Crippen LogP contribution in [-0.4, -0.2) is 39.3 Å². The van der Waals surface area contributed by atoms with Crippen LogP contribution in [0.2, 0.25) is 5.02 Å². The van der Waals surface area contributed by atoms with Gasteiger partial charge in [-0.25, -0.2) is 9.37 Å². The Hall–Kier alpha value is -1.80. The molecule has 0 aliphatic heterocycles. The van der Waals surface area contributed by atoms with Gasteiger partial charge in [0.1, 0.15) is 12.4 Å². The molecular weight excluding hydrogens is 321 g/mol. The van der Waals surface area contributed by atoms with E-state index in [1.807, 2.05) is 0 Å². The molecule has 0 atom stereocenters. The van der Waals surface area contributed by atoms with Crippen LogP contribution in [0, 0.1) is 5.82 Å². The van der Waals surface area contributed by atoms with Gasteiger partial charge >= 0.3 is 5.97 Å². The molecule has 2 aromatic rings. The zero-order valence-electron chi connectivity index (χ0n) is 10.9. The highest BCUT2D eigenvalue weighted by Gasteiger charge is 2.17. The number of halogens is 2. The minimum atomic E-state index is -1.01. The summed E-state index contributed by atoms with van der Waals surface area (Å²) in [6, 6.07) is 2.52. The molecule has 21 heavy (non-hydrogen) atoms. The Bertz CT molecular complexity index is 719. The van der Waals surface area contributed by atoms with Gasteiger partial charge in [0.2, 0.25) is 5.91 Å². The zero-order valence-corrected chi connectivity index (χ0v) is 12.5. The minimum absolute atomic E-state index is 0.0816. The molecule has 0 unspecified atom stereocenters. The number of amides is 1. The first-order chi connectivity index (χ1) is 9.92. The lowest BCUT2D eigenvalue weighted by atomic mass is 10.3. The Morgan fingerprint density at radius 2 is 2.24 bits per heavy atom. The van der Waals surface area contributed by atoms with Gasteiger partial charge in [0.15, 0.2) is 5.16 Å². The number of benzene rings is 1. The molecule has 1 aromatic heterocycles. The van der Waals surface area contributed by atoms with E-state index in [-0.39, 0.29) is 23.2 Å². The van der Waals surface area contributed by atoms with Crippen LogP contribution in [-0.2, 0) is 16.1 Å². The number of likely N-dealkylation sites (N-methyl/N-ethyl adjacent to an activating group) is 1. The Morgan fingerprint density at radius 3 is 2.86 bits per heavy atom. The van der Waals surface area contributed by atoms with Crippen molar-refractivity contribution >= 4 is 46.3 Å². The van der Waals surface area contributed by atoms with Crippen LogP contribution in [0.15, 0.2) is 17.3 Å². The van der Waals surface area contributed by atoms with E-state index in [9.17, 15) is 14.0 Å². The summed E-state index contributed by atoms with van der Waals surface area (Å²) >= 11 is 6.66. The number of nitrogens with one attached hydrogen (secondary N) is 1. The van der Waals surface area contributed by atoms with Crippen molar-refractivity contribution in [3.63, 3.8) is 0 Å². The SMILES string of the molecule is CNC(=O)Cn1c(SCC(=O)O)nc2cc(Cl)c(F)cc21. The van der Waals surface area contributed by atoms with E-state index in [4.69, 9.17) is 16.7 Å². The van der Waals surface area contributed by atoms with Crippen LogP contribution in [0.25, 0.3) is 11.0 Å². The van der Waals surface area contributed by atoms with Crippen LogP contribution in [0.5, 0.6) is 0 Å². The fourth-order valence-corrected chi connectivity index (χ4v) is 2.60. The van der Waals surface area contributed by atoms with Gasteiger partial charge in [0, 0.05) is 13.1 Å². The summed E-state index contributed by atoms with van der Waals surface area (Å²) in [4.78, 5) is 26.4. The number of fused-ring (bicyclic) bond motifs is 1. The molecule has 6 nitrogen and oxygen atoms in total. The second-order valence-electron chi connectivity index (χ2n) is 4.09. The van der Waals surface area contributed by atoms with Crippen LogP contribution >= 0.6 is 23.4 Å². The average Bonchev–Trinajstić information content (AvgIpc) is 2.74. The topological polar surface area (TPSA) is 84.2 Å². The molecule has 0 aliphatic carbocycles. The van der Waals surface area contributed by atoms with Crippen molar-refractivity contribution in [1.29, 1.82) is 0 Å². The summed E-state index contributed by atoms with van der Waals surface area (Å²) in [5, 5.41) is 11.4. The number of carboxylic acids is 1. The molecule has 9 heteroatoms. The third-order valence-corrected chi connectivity index (χ3v) is 3.91. The molecule has 112 valence electrons. The molecule has 0 fully saturated rings. The number of imidazole rings is 1. The number of aromatic nitrogens is 2. The highest BCUT2D eigenvalue weighted by atomic mass is 35.5. The first kappa shape index (κ1) is 15.6. The highest BCUT2D eigenvalue weighted by molar-refractivity contribution is 7.99. The number of hydrogen-bond acceptors (Lipinski definition) is 4. The Labute approximate surface area is 128 Å². The number of aliphatic carboxylic acids is 1. The molecule has 0 saturated heterocycles. The molecule has 1 heterocycles. The molecule has 0 spiro atoms. The van der Waals surface area contributed by atoms with Crippen molar-refractivity contribution in [1.82, 2.24) is 14.9 Å². The second kappa shape index (κ2) is 6.31. The molecule has 0 aliphatic rings. The number of rotatable bonds is 5. The third-order valence-electron chi connectivity index (χ3n) is 2.66. The maximum Gasteiger partial charge on any atom is 0.313 e. The van der Waals surface area contributed by atoms with Gasteiger partial charge in [-0.05, 0) is 6.07 Å². The summed E-state index contributed by atoms with van der Waals surface area (Å²) < 4.78 is 15.1. The van der Waals surface area contributed by atoms with Crippen LogP contribution in [0.1, 0.15) is 0 Å². The lowest BCUT2D eigenvalue weighted by Crippen LogP contribution is -2.23. The van der Waals surface area contributed by atoms with E-state index in [1.54, 1.807) is 0 Å². The summed E-state index contributed by atoms with van der Waals surface area (Å²) in [6.45, 7) is -0.0873. The number of carboxylic acid groups (broad SMARTS) is 1. The minimum Gasteiger partial charge on any atom is -0.481 e. The molecule has 0 saturated carbocycles. The Morgan fingerprint density at radius 1 is 1.52 bits per heavy atom. The molecule has 2 N–H and O–H groups in total. The number of carbonyl (C=O) groups is 2. The van der Waals surface area contributed by atoms with Crippen molar-refractivity contribution in [2.75, 3.05) is 12.8 Å². The van der Waals surface area contributed by atoms with Crippen molar-refractivity contribution in [2.45, 2.75) is 11.7 Å². The lowest BCUT2D eigenvalue weighted by Gasteiger charge is -2.07. The smallest absolute Gasteiger partial charge is 0.313 e. The molecule has 2 rings (SSSR count). The van der Waals surface area contributed by atoms with Gasteiger partial charge < -0.3 is 15.0 Å². The van der Waals surface area contributed by atoms with E-state index in [0.29, 0.717) is 16.2 Å². The van der Waals surface area contributed by atoms with E-state index in [2.05, 4.69) is 10.3 Å². The number of hydrogen-bond donors (Lipinski definition) is 2. The predicted octanol–water partition coefficient (Wildman–Crippen LogP) is 1.75. The second-order valence-corrected chi connectivity index (χ2v) is 5.44. The van der Waals surface area contributed by atoms with Crippen LogP contribution in [0.3, 0.4) is 0 Å². The summed E-state index contributed by atoms with van der Waals surface area (Å²) in [5.74, 6) is -2.16. The van der Waals surface area contributed by atoms with Gasteiger partial charge in [-0.1, -0.05) is 23.4 Å². The Kier molecular flexibility index (Phi) is 4.69. The Balaban J connectivity index is 2.51. The van der Waals surface area contributed by atoms with Gasteiger partial charge in [-0.2, -0.15) is 0 Å². The normalized spacial score (nSPS) is 10.8. The predicted molar refractivity (Wildman–Crippen MR) is 77.1 cm³/mol. The van der Waals surface area contributed by atoms with Crippen molar-refractivity contribution in [3.05, 3.63) is 23.0 Å². The van der Waals surface area contributed by atoms with E-state index < -0.39 is 11.8 Å². The summed E-state index contributed by atoms with van der Waals surface area (Å²) in [6.07, 6.45) is 0. The zero-order chi connectivity index (χ0) is 15.6. The van der Waals surface area contributed by atoms with E-state index in [0.717, 1.165) is 11.8 Å². The quantitative estimate of drug-likeness (QED) is 0.815. The number of thioether (sulfide) groups is 1. The van der Waals surface area contributed by atoms with E-state index in [1.165, 1.54) is 23.7 Å². The van der Waals surface area contributed by atoms with E-state index >= 15 is 0 Å². The molecule has 1 amide bonds. The molecule has 0 bridgehead atoms. The first-order valence-corrected chi connectivity index (χ1v) is 7.19. The lowest BCUT2D eigenvalue weighted by molar-refractivity contribution is -0.133. The summed E-state index contributed by atoms with van der Waals surface area (Å²) in [5.41, 5.74) is 0.784. The largest absolute Gasteiger partial charge is 0.481 e. The first-order valence-electron chi connectivity index (χ1n) is 5.83. The fourth-order valence-electron chi connectivity index (χ4n) is 1.71.